The number of aromatic nitrogens is 1. The predicted molar refractivity (Wildman–Crippen MR) is 72.8 cm³/mol. The third-order valence-electron chi connectivity index (χ3n) is 3.52. The van der Waals surface area contributed by atoms with Crippen LogP contribution in [-0.4, -0.2) is 33.6 Å². The van der Waals surface area contributed by atoms with Gasteiger partial charge in [0.05, 0.1) is 4.92 Å². The Bertz CT molecular complexity index is 611. The minimum Gasteiger partial charge on any atom is -0.480 e. The Balaban J connectivity index is 2.55. The molecule has 1 aromatic heterocycles. The van der Waals surface area contributed by atoms with Crippen molar-refractivity contribution in [3.8, 4) is 6.07 Å². The Morgan fingerprint density at radius 1 is 1.52 bits per heavy atom. The molecule has 21 heavy (non-hydrogen) atoms. The summed E-state index contributed by atoms with van der Waals surface area (Å²) in [6.07, 6.45) is 4.06. The molecule has 1 saturated heterocycles. The van der Waals surface area contributed by atoms with Crippen LogP contribution < -0.4 is 4.90 Å². The minimum atomic E-state index is -1.03. The van der Waals surface area contributed by atoms with E-state index in [-0.39, 0.29) is 11.4 Å². The summed E-state index contributed by atoms with van der Waals surface area (Å²) in [5, 5.41) is 29.6. The van der Waals surface area contributed by atoms with Crippen molar-refractivity contribution in [1.82, 2.24) is 4.98 Å². The molecule has 110 valence electrons. The number of nitriles is 1. The van der Waals surface area contributed by atoms with Crippen LogP contribution in [0.3, 0.4) is 0 Å². The zero-order valence-electron chi connectivity index (χ0n) is 11.2. The largest absolute Gasteiger partial charge is 0.480 e. The van der Waals surface area contributed by atoms with Gasteiger partial charge in [-0.05, 0) is 18.9 Å². The first-order valence-electron chi connectivity index (χ1n) is 6.59. The number of carboxylic acid groups (broad SMARTS) is 1. The van der Waals surface area contributed by atoms with Gasteiger partial charge in [0.25, 0.3) is 0 Å². The Hall–Kier alpha value is -2.69. The lowest BCUT2D eigenvalue weighted by Gasteiger charge is -2.27. The van der Waals surface area contributed by atoms with Crippen molar-refractivity contribution in [2.75, 3.05) is 11.4 Å². The number of anilines is 1. The van der Waals surface area contributed by atoms with Crippen LogP contribution in [-0.2, 0) is 4.79 Å². The number of nitro groups is 1. The summed E-state index contributed by atoms with van der Waals surface area (Å²) in [6, 6.07) is 2.17. The molecule has 0 aliphatic carbocycles. The fourth-order valence-corrected chi connectivity index (χ4v) is 2.54. The summed E-state index contributed by atoms with van der Waals surface area (Å²) in [4.78, 5) is 27.4. The zero-order valence-corrected chi connectivity index (χ0v) is 11.2. The Morgan fingerprint density at radius 2 is 2.29 bits per heavy atom. The number of pyridine rings is 1. The van der Waals surface area contributed by atoms with Crippen LogP contribution in [0.2, 0.25) is 0 Å². The molecule has 2 rings (SSSR count). The number of carbonyl (C=O) groups is 1. The molecule has 0 radical (unpaired) electrons. The van der Waals surface area contributed by atoms with Crippen molar-refractivity contribution >= 4 is 17.5 Å². The summed E-state index contributed by atoms with van der Waals surface area (Å²) < 4.78 is 0. The molecule has 2 heterocycles. The molecule has 8 nitrogen and oxygen atoms in total. The summed E-state index contributed by atoms with van der Waals surface area (Å²) >= 11 is 0. The van der Waals surface area contributed by atoms with Gasteiger partial charge >= 0.3 is 11.7 Å². The molecule has 1 aromatic rings. The van der Waals surface area contributed by atoms with E-state index >= 15 is 0 Å². The first-order chi connectivity index (χ1) is 10.1. The average Bonchev–Trinajstić information content (AvgIpc) is 2.71. The fraction of sp³-hybridized carbons (Fsp3) is 0.462. The summed E-state index contributed by atoms with van der Waals surface area (Å²) in [6.45, 7) is 0.375. The van der Waals surface area contributed by atoms with Gasteiger partial charge in [0.1, 0.15) is 17.7 Å². The van der Waals surface area contributed by atoms with E-state index in [4.69, 9.17) is 5.26 Å². The van der Waals surface area contributed by atoms with Crippen LogP contribution in [0.5, 0.6) is 0 Å². The van der Waals surface area contributed by atoms with E-state index in [1.165, 1.54) is 17.2 Å². The van der Waals surface area contributed by atoms with Crippen LogP contribution in [0, 0.1) is 21.4 Å². The zero-order chi connectivity index (χ0) is 15.4. The molecule has 1 unspecified atom stereocenters. The van der Waals surface area contributed by atoms with Crippen molar-refractivity contribution in [3.63, 3.8) is 0 Å². The van der Waals surface area contributed by atoms with Crippen LogP contribution in [0.25, 0.3) is 0 Å². The maximum absolute atomic E-state index is 11.4. The van der Waals surface area contributed by atoms with E-state index in [9.17, 15) is 20.0 Å². The molecular formula is C13H14N4O4. The normalized spacial score (nSPS) is 18.6. The van der Waals surface area contributed by atoms with E-state index in [0.717, 1.165) is 19.3 Å². The van der Waals surface area contributed by atoms with Gasteiger partial charge in [-0.25, -0.2) is 9.78 Å². The van der Waals surface area contributed by atoms with E-state index in [0.29, 0.717) is 13.0 Å². The summed E-state index contributed by atoms with van der Waals surface area (Å²) in [5.41, 5.74) is -0.536. The molecule has 1 fully saturated rings. The molecule has 8 heteroatoms. The number of hydrogen-bond donors (Lipinski definition) is 1. The van der Waals surface area contributed by atoms with Gasteiger partial charge in [-0.15, -0.1) is 0 Å². The van der Waals surface area contributed by atoms with Crippen LogP contribution in [0.15, 0.2) is 12.3 Å². The van der Waals surface area contributed by atoms with Gasteiger partial charge in [0.15, 0.2) is 0 Å². The monoisotopic (exact) mass is 290 g/mol. The molecule has 0 spiro atoms. The fourth-order valence-electron chi connectivity index (χ4n) is 2.54. The first kappa shape index (κ1) is 14.7. The SMILES string of the molecule is N#Cc1ccnc(N2CCCCCC2C(=O)O)c1[N+](=O)[O-]. The first-order valence-corrected chi connectivity index (χ1v) is 6.59. The maximum atomic E-state index is 11.4. The van der Waals surface area contributed by atoms with E-state index in [1.54, 1.807) is 6.07 Å². The third kappa shape index (κ3) is 2.91. The number of aliphatic carboxylic acids is 1. The molecule has 0 aromatic carbocycles. The lowest BCUT2D eigenvalue weighted by molar-refractivity contribution is -0.384. The molecule has 0 bridgehead atoms. The van der Waals surface area contributed by atoms with Crippen molar-refractivity contribution < 1.29 is 14.8 Å². The van der Waals surface area contributed by atoms with Gasteiger partial charge in [0, 0.05) is 12.7 Å². The van der Waals surface area contributed by atoms with Gasteiger partial charge < -0.3 is 10.0 Å². The second kappa shape index (κ2) is 6.17. The predicted octanol–water partition coefficient (Wildman–Crippen LogP) is 1.70. The smallest absolute Gasteiger partial charge is 0.329 e. The standard InChI is InChI=1S/C13H14N4O4/c14-8-9-5-6-15-12(11(9)17(20)21)16-7-3-1-2-4-10(16)13(18)19/h5-6,10H,1-4,7H2,(H,18,19). The molecular weight excluding hydrogens is 276 g/mol. The maximum Gasteiger partial charge on any atom is 0.329 e. The molecule has 1 aliphatic rings. The highest BCUT2D eigenvalue weighted by molar-refractivity contribution is 5.80. The Kier molecular flexibility index (Phi) is 4.33. The average molecular weight is 290 g/mol. The van der Waals surface area contributed by atoms with E-state index in [1.807, 2.05) is 0 Å². The van der Waals surface area contributed by atoms with Crippen molar-refractivity contribution in [3.05, 3.63) is 27.9 Å². The molecule has 1 N–H and O–H groups in total. The number of carboxylic acids is 1. The Labute approximate surface area is 120 Å². The van der Waals surface area contributed by atoms with Crippen LogP contribution >= 0.6 is 0 Å². The van der Waals surface area contributed by atoms with Gasteiger partial charge in [0.2, 0.25) is 5.82 Å². The second-order valence-corrected chi connectivity index (χ2v) is 4.80. The van der Waals surface area contributed by atoms with Gasteiger partial charge in [-0.2, -0.15) is 5.26 Å². The van der Waals surface area contributed by atoms with E-state index < -0.39 is 22.6 Å². The summed E-state index contributed by atoms with van der Waals surface area (Å²) in [5.74, 6) is -1.07. The van der Waals surface area contributed by atoms with Gasteiger partial charge in [-0.3, -0.25) is 10.1 Å². The highest BCUT2D eigenvalue weighted by atomic mass is 16.6. The highest BCUT2D eigenvalue weighted by Crippen LogP contribution is 2.32. The van der Waals surface area contributed by atoms with Crippen molar-refractivity contribution in [1.29, 1.82) is 5.26 Å². The summed E-state index contributed by atoms with van der Waals surface area (Å²) in [7, 11) is 0. The highest BCUT2D eigenvalue weighted by Gasteiger charge is 2.34. The van der Waals surface area contributed by atoms with E-state index in [2.05, 4.69) is 4.98 Å². The Morgan fingerprint density at radius 3 is 2.90 bits per heavy atom. The lowest BCUT2D eigenvalue weighted by Crippen LogP contribution is -2.41. The van der Waals surface area contributed by atoms with Crippen molar-refractivity contribution in [2.24, 2.45) is 0 Å². The molecule has 1 atom stereocenters. The lowest BCUT2D eigenvalue weighted by atomic mass is 10.1. The quantitative estimate of drug-likeness (QED) is 0.664. The topological polar surface area (TPSA) is 120 Å². The molecule has 1 aliphatic heterocycles. The number of hydrogen-bond acceptors (Lipinski definition) is 6. The van der Waals surface area contributed by atoms with Crippen LogP contribution in [0.4, 0.5) is 11.5 Å². The molecule has 0 saturated carbocycles. The minimum absolute atomic E-state index is 0.0339. The van der Waals surface area contributed by atoms with Crippen LogP contribution in [0.1, 0.15) is 31.2 Å². The van der Waals surface area contributed by atoms with Crippen molar-refractivity contribution in [2.45, 2.75) is 31.7 Å². The third-order valence-corrected chi connectivity index (χ3v) is 3.52. The number of rotatable bonds is 3. The molecule has 0 amide bonds. The number of nitrogens with zero attached hydrogens (tertiary/aromatic N) is 4. The second-order valence-electron chi connectivity index (χ2n) is 4.80. The van der Waals surface area contributed by atoms with Gasteiger partial charge in [-0.1, -0.05) is 12.8 Å².